The van der Waals surface area contributed by atoms with E-state index in [1.165, 1.54) is 6.26 Å². The van der Waals surface area contributed by atoms with Crippen molar-refractivity contribution in [1.82, 2.24) is 20.2 Å². The summed E-state index contributed by atoms with van der Waals surface area (Å²) >= 11 is 0. The zero-order valence-electron chi connectivity index (χ0n) is 21.8. The van der Waals surface area contributed by atoms with Gasteiger partial charge in [-0.15, -0.1) is 4.36 Å². The van der Waals surface area contributed by atoms with Gasteiger partial charge in [-0.3, -0.25) is 10.1 Å². The lowest BCUT2D eigenvalue weighted by Crippen LogP contribution is -2.22. The summed E-state index contributed by atoms with van der Waals surface area (Å²) in [6.07, 6.45) is 5.99. The first-order valence-electron chi connectivity index (χ1n) is 12.0. The molecule has 1 amide bonds. The van der Waals surface area contributed by atoms with E-state index in [0.717, 1.165) is 44.2 Å². The molecule has 0 fully saturated rings. The molecule has 10 heteroatoms. The highest BCUT2D eigenvalue weighted by atomic mass is 32.2. The number of aromatic nitrogens is 4. The number of ether oxygens (including phenoxy) is 1. The molecule has 3 heterocycles. The largest absolute Gasteiger partial charge is 0.442 e. The Labute approximate surface area is 220 Å². The van der Waals surface area contributed by atoms with Crippen molar-refractivity contribution in [2.75, 3.05) is 11.6 Å². The number of aromatic amines is 1. The number of fused-ring (bicyclic) bond motifs is 2. The first kappa shape index (κ1) is 25.3. The van der Waals surface area contributed by atoms with Crippen LogP contribution in [0.15, 0.2) is 76.4 Å². The van der Waals surface area contributed by atoms with Gasteiger partial charge in [0.05, 0.1) is 27.1 Å². The Balaban J connectivity index is 1.44. The fourth-order valence-electron chi connectivity index (χ4n) is 4.18. The monoisotopic (exact) mass is 528 g/mol. The van der Waals surface area contributed by atoms with Crippen LogP contribution in [0, 0.1) is 6.92 Å². The molecule has 0 aliphatic carbocycles. The summed E-state index contributed by atoms with van der Waals surface area (Å²) in [6, 6.07) is 14.9. The van der Waals surface area contributed by atoms with Crippen molar-refractivity contribution in [2.24, 2.45) is 4.36 Å². The molecular formula is C28H28N6O3S. The van der Waals surface area contributed by atoms with Crippen LogP contribution in [0.2, 0.25) is 0 Å². The number of nitrogens with zero attached hydrogens (tertiary/aromatic N) is 4. The summed E-state index contributed by atoms with van der Waals surface area (Å²) in [5.74, 6) is 0.636. The van der Waals surface area contributed by atoms with Crippen molar-refractivity contribution in [1.29, 1.82) is 0 Å². The smallest absolute Gasteiger partial charge is 0.442 e. The highest BCUT2D eigenvalue weighted by Crippen LogP contribution is 2.33. The number of carbonyl (C=O) groups is 1. The molecule has 0 spiro atoms. The second-order valence-corrected chi connectivity index (χ2v) is 12.3. The molecule has 194 valence electrons. The molecule has 0 radical (unpaired) electrons. The fourth-order valence-corrected chi connectivity index (χ4v) is 5.25. The topological polar surface area (TPSA) is 122 Å². The minimum atomic E-state index is -2.96. The van der Waals surface area contributed by atoms with E-state index in [2.05, 4.69) is 37.9 Å². The minimum Gasteiger partial charge on any atom is -0.442 e. The van der Waals surface area contributed by atoms with Crippen LogP contribution in [0.25, 0.3) is 32.9 Å². The maximum atomic E-state index is 13.1. The molecule has 1 unspecified atom stereocenters. The number of anilines is 2. The number of pyridine rings is 2. The SMILES string of the molecule is Cc1c(-c2nccc3cnc(Nc4ccc(S(C)(=O)=NC(=O)OC(C)(C)C)cc4)cc23)ccc2[nH]ncc12. The summed E-state index contributed by atoms with van der Waals surface area (Å²) in [7, 11) is -2.96. The number of rotatable bonds is 4. The maximum absolute atomic E-state index is 13.1. The molecule has 38 heavy (non-hydrogen) atoms. The number of carbonyl (C=O) groups excluding carboxylic acids is 1. The van der Waals surface area contributed by atoms with Crippen LogP contribution < -0.4 is 5.32 Å². The van der Waals surface area contributed by atoms with Gasteiger partial charge in [-0.05, 0) is 75.7 Å². The van der Waals surface area contributed by atoms with Crippen molar-refractivity contribution in [3.05, 3.63) is 72.7 Å². The number of aryl methyl sites for hydroxylation is 1. The predicted octanol–water partition coefficient (Wildman–Crippen LogP) is 6.62. The molecule has 9 nitrogen and oxygen atoms in total. The third kappa shape index (κ3) is 5.21. The van der Waals surface area contributed by atoms with Gasteiger partial charge in [0, 0.05) is 51.0 Å². The molecule has 1 atom stereocenters. The quantitative estimate of drug-likeness (QED) is 0.269. The Morgan fingerprint density at radius 1 is 1.03 bits per heavy atom. The summed E-state index contributed by atoms with van der Waals surface area (Å²) in [5.41, 5.74) is 3.99. The molecule has 0 aliphatic rings. The Kier molecular flexibility index (Phi) is 6.36. The van der Waals surface area contributed by atoms with Crippen LogP contribution in [0.1, 0.15) is 26.3 Å². The Morgan fingerprint density at radius 2 is 1.79 bits per heavy atom. The van der Waals surface area contributed by atoms with Gasteiger partial charge in [0.1, 0.15) is 11.4 Å². The number of nitrogens with one attached hydrogen (secondary N) is 2. The van der Waals surface area contributed by atoms with Crippen molar-refractivity contribution in [3.8, 4) is 11.3 Å². The fraction of sp³-hybridized carbons (Fsp3) is 0.214. The first-order valence-corrected chi connectivity index (χ1v) is 13.9. The lowest BCUT2D eigenvalue weighted by molar-refractivity contribution is 0.0607. The lowest BCUT2D eigenvalue weighted by atomic mass is 9.98. The Hall–Kier alpha value is -4.31. The maximum Gasteiger partial charge on any atom is 0.442 e. The van der Waals surface area contributed by atoms with Gasteiger partial charge >= 0.3 is 6.09 Å². The lowest BCUT2D eigenvalue weighted by Gasteiger charge is -2.17. The van der Waals surface area contributed by atoms with Gasteiger partial charge in [-0.25, -0.2) is 14.0 Å². The van der Waals surface area contributed by atoms with E-state index in [1.807, 2.05) is 30.6 Å². The average molecular weight is 529 g/mol. The van der Waals surface area contributed by atoms with Crippen LogP contribution in [-0.2, 0) is 14.5 Å². The van der Waals surface area contributed by atoms with Crippen molar-refractivity contribution in [3.63, 3.8) is 0 Å². The number of H-pyrrole nitrogens is 1. The normalized spacial score (nSPS) is 13.3. The third-order valence-electron chi connectivity index (χ3n) is 6.00. The zero-order valence-corrected chi connectivity index (χ0v) is 22.6. The highest BCUT2D eigenvalue weighted by Gasteiger charge is 2.18. The molecule has 5 rings (SSSR count). The number of amides is 1. The first-order chi connectivity index (χ1) is 18.0. The van der Waals surface area contributed by atoms with Crippen LogP contribution in [0.4, 0.5) is 16.3 Å². The van der Waals surface area contributed by atoms with Crippen molar-refractivity contribution < 1.29 is 13.7 Å². The molecule has 0 bridgehead atoms. The van der Waals surface area contributed by atoms with Gasteiger partial charge in [-0.1, -0.05) is 6.07 Å². The second kappa shape index (κ2) is 9.53. The van der Waals surface area contributed by atoms with Crippen LogP contribution in [-0.4, -0.2) is 42.3 Å². The summed E-state index contributed by atoms with van der Waals surface area (Å²) < 4.78 is 22.0. The van der Waals surface area contributed by atoms with E-state index < -0.39 is 21.4 Å². The molecule has 2 N–H and O–H groups in total. The molecule has 2 aromatic carbocycles. The summed E-state index contributed by atoms with van der Waals surface area (Å²) in [6.45, 7) is 7.27. The molecule has 0 saturated heterocycles. The minimum absolute atomic E-state index is 0.428. The molecule has 3 aromatic heterocycles. The molecule has 5 aromatic rings. The van der Waals surface area contributed by atoms with Gasteiger partial charge < -0.3 is 10.1 Å². The van der Waals surface area contributed by atoms with Gasteiger partial charge in [-0.2, -0.15) is 5.10 Å². The second-order valence-electron chi connectivity index (χ2n) is 10.0. The molecule has 0 saturated carbocycles. The van der Waals surface area contributed by atoms with E-state index in [4.69, 9.17) is 9.72 Å². The van der Waals surface area contributed by atoms with Gasteiger partial charge in [0.15, 0.2) is 0 Å². The number of hydrogen-bond acceptors (Lipinski definition) is 7. The average Bonchev–Trinajstić information content (AvgIpc) is 3.33. The number of hydrogen-bond donors (Lipinski definition) is 2. The molecule has 0 aliphatic heterocycles. The standard InChI is InChI=1S/C28H28N6O3S/c1-17-21(10-11-24-23(17)16-31-33-24)26-22-14-25(30-15-18(22)12-13-29-26)32-19-6-8-20(9-7-19)38(5,36)34-27(35)37-28(2,3)4/h6-16H,1-5H3,(H,30,32)(H,31,33). The van der Waals surface area contributed by atoms with Crippen LogP contribution in [0.3, 0.4) is 0 Å². The van der Waals surface area contributed by atoms with Crippen molar-refractivity contribution in [2.45, 2.75) is 38.2 Å². The van der Waals surface area contributed by atoms with E-state index in [1.54, 1.807) is 51.2 Å². The van der Waals surface area contributed by atoms with E-state index in [0.29, 0.717) is 10.7 Å². The number of benzene rings is 2. The molecular weight excluding hydrogens is 500 g/mol. The van der Waals surface area contributed by atoms with Gasteiger partial charge in [0.25, 0.3) is 0 Å². The highest BCUT2D eigenvalue weighted by molar-refractivity contribution is 7.93. The predicted molar refractivity (Wildman–Crippen MR) is 150 cm³/mol. The van der Waals surface area contributed by atoms with Crippen molar-refractivity contribution >= 4 is 49.0 Å². The van der Waals surface area contributed by atoms with E-state index >= 15 is 0 Å². The van der Waals surface area contributed by atoms with E-state index in [9.17, 15) is 9.00 Å². The zero-order chi connectivity index (χ0) is 27.1. The van der Waals surface area contributed by atoms with Crippen LogP contribution in [0.5, 0.6) is 0 Å². The van der Waals surface area contributed by atoms with Crippen LogP contribution >= 0.6 is 0 Å². The summed E-state index contributed by atoms with van der Waals surface area (Å²) in [4.78, 5) is 21.7. The Morgan fingerprint density at radius 3 is 2.53 bits per heavy atom. The van der Waals surface area contributed by atoms with E-state index in [-0.39, 0.29) is 0 Å². The third-order valence-corrected chi connectivity index (χ3v) is 7.65. The summed E-state index contributed by atoms with van der Waals surface area (Å²) in [5, 5.41) is 13.4. The van der Waals surface area contributed by atoms with Gasteiger partial charge in [0.2, 0.25) is 0 Å². The Bertz CT molecular complexity index is 1800.